The van der Waals surface area contributed by atoms with Crippen molar-refractivity contribution in [1.29, 1.82) is 10.5 Å². The highest BCUT2D eigenvalue weighted by molar-refractivity contribution is 5.97. The van der Waals surface area contributed by atoms with Gasteiger partial charge in [0.1, 0.15) is 23.5 Å². The van der Waals surface area contributed by atoms with Gasteiger partial charge >= 0.3 is 5.97 Å². The van der Waals surface area contributed by atoms with Gasteiger partial charge in [-0.15, -0.1) is 0 Å². The minimum absolute atomic E-state index is 0.134. The highest BCUT2D eigenvalue weighted by Gasteiger charge is 2.25. The van der Waals surface area contributed by atoms with Crippen LogP contribution in [0.25, 0.3) is 11.1 Å². The van der Waals surface area contributed by atoms with Crippen LogP contribution in [0.5, 0.6) is 5.75 Å². The Morgan fingerprint density at radius 1 is 1.03 bits per heavy atom. The van der Waals surface area contributed by atoms with Crippen molar-refractivity contribution in [2.45, 2.75) is 64.7 Å². The third-order valence-corrected chi connectivity index (χ3v) is 6.54. The lowest BCUT2D eigenvalue weighted by Crippen LogP contribution is -2.14. The van der Waals surface area contributed by atoms with Crippen molar-refractivity contribution in [3.63, 3.8) is 0 Å². The van der Waals surface area contributed by atoms with Gasteiger partial charge in [0.2, 0.25) is 0 Å². The summed E-state index contributed by atoms with van der Waals surface area (Å²) in [5.41, 5.74) is 2.49. The maximum atomic E-state index is 12.0. The lowest BCUT2D eigenvalue weighted by molar-refractivity contribution is 0.0697. The third kappa shape index (κ3) is 4.94. The molecular weight excluding hydrogens is 400 g/mol. The highest BCUT2D eigenvalue weighted by atomic mass is 16.5. The summed E-state index contributed by atoms with van der Waals surface area (Å²) in [7, 11) is 0. The molecule has 5 heteroatoms. The van der Waals surface area contributed by atoms with Crippen molar-refractivity contribution in [1.82, 2.24) is 0 Å². The Morgan fingerprint density at radius 3 is 2.34 bits per heavy atom. The van der Waals surface area contributed by atoms with Gasteiger partial charge < -0.3 is 9.84 Å². The van der Waals surface area contributed by atoms with Crippen LogP contribution >= 0.6 is 0 Å². The average Bonchev–Trinajstić information content (AvgIpc) is 2.82. The molecule has 2 aromatic carbocycles. The van der Waals surface area contributed by atoms with Crippen molar-refractivity contribution in [2.24, 2.45) is 5.92 Å². The number of aromatic carboxylic acids is 1. The van der Waals surface area contributed by atoms with Gasteiger partial charge in [-0.2, -0.15) is 10.5 Å². The molecule has 1 saturated carbocycles. The van der Waals surface area contributed by atoms with Crippen LogP contribution in [-0.4, -0.2) is 17.7 Å². The predicted octanol–water partition coefficient (Wildman–Crippen LogP) is 6.66. The number of carbonyl (C=O) groups is 1. The number of ether oxygens (including phenoxy) is 1. The normalized spacial score (nSPS) is 17.9. The van der Waals surface area contributed by atoms with E-state index in [-0.39, 0.29) is 16.7 Å². The van der Waals surface area contributed by atoms with Gasteiger partial charge in [0.15, 0.2) is 0 Å². The van der Waals surface area contributed by atoms with Crippen LogP contribution in [-0.2, 0) is 0 Å². The number of carboxylic acids is 1. The Balaban J connectivity index is 2.01. The first-order chi connectivity index (χ1) is 15.5. The maximum absolute atomic E-state index is 12.0. The van der Waals surface area contributed by atoms with Gasteiger partial charge in [-0.3, -0.25) is 0 Å². The maximum Gasteiger partial charge on any atom is 0.336 e. The van der Waals surface area contributed by atoms with E-state index in [1.54, 1.807) is 18.2 Å². The zero-order chi connectivity index (χ0) is 23.1. The molecule has 0 amide bonds. The van der Waals surface area contributed by atoms with Crippen molar-refractivity contribution in [3.05, 3.63) is 52.6 Å². The van der Waals surface area contributed by atoms with Crippen LogP contribution in [0, 0.1) is 28.6 Å². The number of nitriles is 2. The largest absolute Gasteiger partial charge is 0.492 e. The van der Waals surface area contributed by atoms with Gasteiger partial charge in [-0.1, -0.05) is 32.3 Å². The fourth-order valence-electron chi connectivity index (χ4n) is 4.81. The van der Waals surface area contributed by atoms with Crippen molar-refractivity contribution in [3.8, 4) is 29.0 Å². The first-order valence-electron chi connectivity index (χ1n) is 11.5. The standard InChI is InChI=1S/C27H30N2O3/c1-3-5-6-18-7-9-19(10-8-18)20-11-12-22(27(30)31)23(15-20)21-13-14-26(32-4-2)25(17-29)24(21)16-28/h11-15,18-19H,3-10H2,1-2H3,(H,30,31). The molecule has 0 heterocycles. The van der Waals surface area contributed by atoms with Gasteiger partial charge in [0, 0.05) is 5.56 Å². The number of rotatable bonds is 8. The SMILES string of the molecule is CCCCC1CCC(c2ccc(C(=O)O)c(-c3ccc(OCC)c(C#N)c3C#N)c2)CC1. The van der Waals surface area contributed by atoms with Crippen molar-refractivity contribution in [2.75, 3.05) is 6.61 Å². The monoisotopic (exact) mass is 430 g/mol. The molecule has 2 aromatic rings. The molecule has 1 aliphatic rings. The summed E-state index contributed by atoms with van der Waals surface area (Å²) >= 11 is 0. The van der Waals surface area contributed by atoms with Crippen LogP contribution in [0.1, 0.15) is 91.8 Å². The van der Waals surface area contributed by atoms with E-state index in [0.29, 0.717) is 29.4 Å². The van der Waals surface area contributed by atoms with E-state index in [1.807, 2.05) is 19.1 Å². The van der Waals surface area contributed by atoms with E-state index in [9.17, 15) is 20.4 Å². The molecule has 1 aliphatic carbocycles. The van der Waals surface area contributed by atoms with E-state index in [0.717, 1.165) is 24.3 Å². The van der Waals surface area contributed by atoms with Crippen LogP contribution in [0.15, 0.2) is 30.3 Å². The summed E-state index contributed by atoms with van der Waals surface area (Å²) in [6, 6.07) is 13.0. The molecule has 32 heavy (non-hydrogen) atoms. The summed E-state index contributed by atoms with van der Waals surface area (Å²) in [5.74, 6) is 0.469. The number of nitrogens with zero attached hydrogens (tertiary/aromatic N) is 2. The highest BCUT2D eigenvalue weighted by Crippen LogP contribution is 2.40. The van der Waals surface area contributed by atoms with E-state index in [2.05, 4.69) is 19.1 Å². The molecule has 3 rings (SSSR count). The summed E-state index contributed by atoms with van der Waals surface area (Å²) < 4.78 is 5.51. The van der Waals surface area contributed by atoms with Crippen LogP contribution in [0.3, 0.4) is 0 Å². The van der Waals surface area contributed by atoms with Crippen LogP contribution in [0.4, 0.5) is 0 Å². The summed E-state index contributed by atoms with van der Waals surface area (Å²) in [4.78, 5) is 12.0. The second-order valence-corrected chi connectivity index (χ2v) is 8.49. The summed E-state index contributed by atoms with van der Waals surface area (Å²) in [6.07, 6.45) is 8.39. The summed E-state index contributed by atoms with van der Waals surface area (Å²) in [5, 5.41) is 29.3. The number of unbranched alkanes of at least 4 members (excludes halogenated alkanes) is 1. The molecule has 1 fully saturated rings. The number of hydrogen-bond acceptors (Lipinski definition) is 4. The van der Waals surface area contributed by atoms with Crippen LogP contribution in [0.2, 0.25) is 0 Å². The predicted molar refractivity (Wildman–Crippen MR) is 124 cm³/mol. The Morgan fingerprint density at radius 2 is 1.75 bits per heavy atom. The average molecular weight is 431 g/mol. The molecule has 0 aliphatic heterocycles. The minimum Gasteiger partial charge on any atom is -0.492 e. The lowest BCUT2D eigenvalue weighted by Gasteiger charge is -2.29. The van der Waals surface area contributed by atoms with Crippen molar-refractivity contribution < 1.29 is 14.6 Å². The molecule has 0 saturated heterocycles. The smallest absolute Gasteiger partial charge is 0.336 e. The second-order valence-electron chi connectivity index (χ2n) is 8.49. The van der Waals surface area contributed by atoms with E-state index < -0.39 is 5.97 Å². The van der Waals surface area contributed by atoms with Crippen LogP contribution < -0.4 is 4.74 Å². The first-order valence-corrected chi connectivity index (χ1v) is 11.5. The summed E-state index contributed by atoms with van der Waals surface area (Å²) in [6.45, 7) is 4.41. The molecular formula is C27H30N2O3. The fraction of sp³-hybridized carbons (Fsp3) is 0.444. The Hall–Kier alpha value is -3.31. The zero-order valence-corrected chi connectivity index (χ0v) is 18.9. The van der Waals surface area contributed by atoms with E-state index in [1.165, 1.54) is 32.1 Å². The van der Waals surface area contributed by atoms with E-state index >= 15 is 0 Å². The van der Waals surface area contributed by atoms with Crippen molar-refractivity contribution >= 4 is 5.97 Å². The molecule has 0 aromatic heterocycles. The Bertz CT molecular complexity index is 1050. The molecule has 0 radical (unpaired) electrons. The Labute approximate surface area is 190 Å². The topological polar surface area (TPSA) is 94.1 Å². The fourth-order valence-corrected chi connectivity index (χ4v) is 4.81. The van der Waals surface area contributed by atoms with Gasteiger partial charge in [-0.05, 0) is 79.8 Å². The molecule has 5 nitrogen and oxygen atoms in total. The molecule has 0 spiro atoms. The lowest BCUT2D eigenvalue weighted by atomic mass is 9.76. The Kier molecular flexibility index (Phi) is 7.90. The molecule has 0 atom stereocenters. The number of benzene rings is 2. The molecule has 1 N–H and O–H groups in total. The third-order valence-electron chi connectivity index (χ3n) is 6.54. The van der Waals surface area contributed by atoms with Gasteiger partial charge in [0.25, 0.3) is 0 Å². The first kappa shape index (κ1) is 23.4. The van der Waals surface area contributed by atoms with Gasteiger partial charge in [0.05, 0.1) is 17.7 Å². The molecule has 166 valence electrons. The van der Waals surface area contributed by atoms with Gasteiger partial charge in [-0.25, -0.2) is 4.79 Å². The van der Waals surface area contributed by atoms with E-state index in [4.69, 9.17) is 4.74 Å². The second kappa shape index (κ2) is 10.8. The molecule has 0 unspecified atom stereocenters. The number of carboxylic acid groups (broad SMARTS) is 1. The quantitative estimate of drug-likeness (QED) is 0.505. The molecule has 0 bridgehead atoms. The minimum atomic E-state index is -1.05. The zero-order valence-electron chi connectivity index (χ0n) is 18.9. The number of hydrogen-bond donors (Lipinski definition) is 1.